The van der Waals surface area contributed by atoms with E-state index < -0.39 is 24.4 Å². The van der Waals surface area contributed by atoms with Gasteiger partial charge in [-0.3, -0.25) is 4.79 Å². The molecule has 1 aromatic rings. The molecule has 0 aromatic heterocycles. The van der Waals surface area contributed by atoms with Crippen LogP contribution in [0.15, 0.2) is 22.7 Å². The van der Waals surface area contributed by atoms with Gasteiger partial charge in [-0.25, -0.2) is 13.2 Å². The molecule has 0 spiro atoms. The van der Waals surface area contributed by atoms with Gasteiger partial charge in [0.2, 0.25) is 5.78 Å². The van der Waals surface area contributed by atoms with E-state index in [1.54, 1.807) is 0 Å². The van der Waals surface area contributed by atoms with Crippen LogP contribution in [-0.2, 0) is 11.2 Å². The van der Waals surface area contributed by atoms with Crippen molar-refractivity contribution in [2.45, 2.75) is 12.8 Å². The number of alkyl halides is 2. The predicted molar refractivity (Wildman–Crippen MR) is 48.8 cm³/mol. The van der Waals surface area contributed by atoms with Gasteiger partial charge < -0.3 is 0 Å². The van der Waals surface area contributed by atoms with Gasteiger partial charge in [-0.15, -0.1) is 0 Å². The van der Waals surface area contributed by atoms with Gasteiger partial charge in [-0.2, -0.15) is 0 Å². The fraction of sp³-hybridized carbons (Fsp3) is 0.222. The van der Waals surface area contributed by atoms with Crippen molar-refractivity contribution in [2.24, 2.45) is 0 Å². The second kappa shape index (κ2) is 4.59. The largest absolute Gasteiger partial charge is 0.296 e. The lowest BCUT2D eigenvalue weighted by Gasteiger charge is -2.02. The summed E-state index contributed by atoms with van der Waals surface area (Å²) in [6.07, 6.45) is -3.63. The van der Waals surface area contributed by atoms with Crippen LogP contribution in [0.25, 0.3) is 0 Å². The topological polar surface area (TPSA) is 17.1 Å². The lowest BCUT2D eigenvalue weighted by Crippen LogP contribution is -2.13. The maximum Gasteiger partial charge on any atom is 0.296 e. The molecule has 1 rings (SSSR count). The Labute approximate surface area is 87.1 Å². The highest BCUT2D eigenvalue weighted by Crippen LogP contribution is 2.17. The van der Waals surface area contributed by atoms with Gasteiger partial charge in [-0.1, -0.05) is 15.9 Å². The molecule has 76 valence electrons. The van der Waals surface area contributed by atoms with E-state index in [4.69, 9.17) is 0 Å². The maximum atomic E-state index is 13.0. The Balaban J connectivity index is 2.86. The van der Waals surface area contributed by atoms with Crippen LogP contribution in [-0.4, -0.2) is 12.2 Å². The third kappa shape index (κ3) is 2.83. The van der Waals surface area contributed by atoms with Crippen LogP contribution in [0.5, 0.6) is 0 Å². The van der Waals surface area contributed by atoms with Crippen LogP contribution < -0.4 is 0 Å². The molecule has 0 N–H and O–H groups in total. The Kier molecular flexibility index (Phi) is 3.69. The molecule has 0 fully saturated rings. The number of carbonyl (C=O) groups is 1. The molecule has 0 aliphatic carbocycles. The summed E-state index contributed by atoms with van der Waals surface area (Å²) >= 11 is 3.06. The maximum absolute atomic E-state index is 13.0. The zero-order valence-electron chi connectivity index (χ0n) is 6.94. The van der Waals surface area contributed by atoms with Crippen molar-refractivity contribution in [3.05, 3.63) is 34.1 Å². The van der Waals surface area contributed by atoms with Crippen LogP contribution >= 0.6 is 15.9 Å². The SMILES string of the molecule is O=C(Cc1cc(Br)ccc1F)C(F)F. The molecule has 0 atom stereocenters. The van der Waals surface area contributed by atoms with Crippen molar-refractivity contribution < 1.29 is 18.0 Å². The number of halogens is 4. The number of hydrogen-bond donors (Lipinski definition) is 0. The molecule has 0 radical (unpaired) electrons. The third-order valence-corrected chi connectivity index (χ3v) is 2.11. The summed E-state index contributed by atoms with van der Waals surface area (Å²) in [5.74, 6) is -1.93. The Morgan fingerprint density at radius 2 is 2.07 bits per heavy atom. The molecule has 0 aliphatic rings. The first-order chi connectivity index (χ1) is 6.50. The zero-order chi connectivity index (χ0) is 10.7. The highest BCUT2D eigenvalue weighted by atomic mass is 79.9. The van der Waals surface area contributed by atoms with Gasteiger partial charge in [0.05, 0.1) is 0 Å². The van der Waals surface area contributed by atoms with E-state index in [0.717, 1.165) is 6.07 Å². The van der Waals surface area contributed by atoms with E-state index in [1.807, 2.05) is 0 Å². The van der Waals surface area contributed by atoms with Crippen molar-refractivity contribution in [1.82, 2.24) is 0 Å². The molecule has 0 heterocycles. The van der Waals surface area contributed by atoms with Crippen LogP contribution in [0.4, 0.5) is 13.2 Å². The van der Waals surface area contributed by atoms with Gasteiger partial charge in [0.15, 0.2) is 0 Å². The Hall–Kier alpha value is -0.840. The minimum absolute atomic E-state index is 0.0234. The van der Waals surface area contributed by atoms with E-state index in [0.29, 0.717) is 4.47 Å². The average Bonchev–Trinajstić information content (AvgIpc) is 2.11. The molecule has 0 unspecified atom stereocenters. The van der Waals surface area contributed by atoms with Crippen molar-refractivity contribution in [3.8, 4) is 0 Å². The van der Waals surface area contributed by atoms with Crippen molar-refractivity contribution in [2.75, 3.05) is 0 Å². The number of hydrogen-bond acceptors (Lipinski definition) is 1. The molecule has 0 saturated carbocycles. The molecule has 1 aromatic carbocycles. The summed E-state index contributed by atoms with van der Waals surface area (Å²) in [6.45, 7) is 0. The quantitative estimate of drug-likeness (QED) is 0.822. The fourth-order valence-electron chi connectivity index (χ4n) is 0.944. The predicted octanol–water partition coefficient (Wildman–Crippen LogP) is 2.96. The van der Waals surface area contributed by atoms with Gasteiger partial charge in [0, 0.05) is 10.9 Å². The Morgan fingerprint density at radius 3 is 2.64 bits per heavy atom. The normalized spacial score (nSPS) is 10.6. The first-order valence-corrected chi connectivity index (χ1v) is 4.55. The highest BCUT2D eigenvalue weighted by Gasteiger charge is 2.17. The monoisotopic (exact) mass is 266 g/mol. The van der Waals surface area contributed by atoms with Gasteiger partial charge >= 0.3 is 0 Å². The molecule has 5 heteroatoms. The number of ketones is 1. The lowest BCUT2D eigenvalue weighted by atomic mass is 10.1. The first kappa shape index (κ1) is 11.2. The van der Waals surface area contributed by atoms with Crippen LogP contribution in [0, 0.1) is 5.82 Å². The minimum Gasteiger partial charge on any atom is -0.293 e. The highest BCUT2D eigenvalue weighted by molar-refractivity contribution is 9.10. The van der Waals surface area contributed by atoms with Crippen molar-refractivity contribution >= 4 is 21.7 Å². The first-order valence-electron chi connectivity index (χ1n) is 3.75. The number of benzene rings is 1. The van der Waals surface area contributed by atoms with E-state index in [-0.39, 0.29) is 5.56 Å². The molecule has 1 nitrogen and oxygen atoms in total. The summed E-state index contributed by atoms with van der Waals surface area (Å²) in [4.78, 5) is 10.6. The van der Waals surface area contributed by atoms with E-state index in [1.165, 1.54) is 12.1 Å². The second-order valence-corrected chi connectivity index (χ2v) is 3.60. The molecule has 0 amide bonds. The molecule has 0 saturated heterocycles. The number of carbonyl (C=O) groups excluding carboxylic acids is 1. The third-order valence-electron chi connectivity index (χ3n) is 1.62. The number of rotatable bonds is 3. The average molecular weight is 267 g/mol. The smallest absolute Gasteiger partial charge is 0.293 e. The summed E-state index contributed by atoms with van der Waals surface area (Å²) in [6, 6.07) is 3.87. The van der Waals surface area contributed by atoms with E-state index in [9.17, 15) is 18.0 Å². The number of Topliss-reactive ketones (excluding diaryl/α,β-unsaturated/α-hetero) is 1. The molecule has 0 aliphatic heterocycles. The minimum atomic E-state index is -3.05. The van der Waals surface area contributed by atoms with Crippen LogP contribution in [0.2, 0.25) is 0 Å². The van der Waals surface area contributed by atoms with Crippen molar-refractivity contribution in [3.63, 3.8) is 0 Å². The van der Waals surface area contributed by atoms with Gasteiger partial charge in [0.1, 0.15) is 5.82 Å². The van der Waals surface area contributed by atoms with Crippen LogP contribution in [0.1, 0.15) is 5.56 Å². The Bertz CT molecular complexity index is 352. The summed E-state index contributed by atoms with van der Waals surface area (Å²) in [5, 5.41) is 0. The Morgan fingerprint density at radius 1 is 1.43 bits per heavy atom. The fourth-order valence-corrected chi connectivity index (χ4v) is 1.35. The van der Waals surface area contributed by atoms with Gasteiger partial charge in [-0.05, 0) is 23.8 Å². The molecular formula is C9H6BrF3O. The molecular weight excluding hydrogens is 261 g/mol. The summed E-state index contributed by atoms with van der Waals surface area (Å²) in [5.41, 5.74) is -0.0234. The van der Waals surface area contributed by atoms with Crippen molar-refractivity contribution in [1.29, 1.82) is 0 Å². The second-order valence-electron chi connectivity index (χ2n) is 2.68. The van der Waals surface area contributed by atoms with Gasteiger partial charge in [0.25, 0.3) is 6.43 Å². The van der Waals surface area contributed by atoms with E-state index in [2.05, 4.69) is 15.9 Å². The molecule has 0 bridgehead atoms. The van der Waals surface area contributed by atoms with E-state index >= 15 is 0 Å². The lowest BCUT2D eigenvalue weighted by molar-refractivity contribution is -0.128. The summed E-state index contributed by atoms with van der Waals surface area (Å²) < 4.78 is 37.3. The van der Waals surface area contributed by atoms with Crippen LogP contribution in [0.3, 0.4) is 0 Å². The standard InChI is InChI=1S/C9H6BrF3O/c10-6-1-2-7(11)5(3-6)4-8(14)9(12)13/h1-3,9H,4H2. The zero-order valence-corrected chi connectivity index (χ0v) is 8.52. The molecule has 14 heavy (non-hydrogen) atoms. The summed E-state index contributed by atoms with van der Waals surface area (Å²) in [7, 11) is 0.